The third-order valence-corrected chi connectivity index (χ3v) is 5.98. The topological polar surface area (TPSA) is 83.0 Å². The number of guanidine groups is 1. The number of aliphatic imine (C=N–C) groups is 1. The van der Waals surface area contributed by atoms with E-state index in [9.17, 15) is 5.11 Å². The zero-order chi connectivity index (χ0) is 20.4. The van der Waals surface area contributed by atoms with Crippen molar-refractivity contribution in [3.63, 3.8) is 0 Å². The molecule has 0 saturated heterocycles. The first-order valence-corrected chi connectivity index (χ1v) is 10.3. The van der Waals surface area contributed by atoms with E-state index < -0.39 is 0 Å². The molecule has 4 N–H and O–H groups in total. The van der Waals surface area contributed by atoms with Crippen LogP contribution in [0.15, 0.2) is 87.4 Å². The van der Waals surface area contributed by atoms with Gasteiger partial charge in [-0.1, -0.05) is 35.9 Å². The molecule has 0 saturated carbocycles. The monoisotopic (exact) mass is 422 g/mol. The average molecular weight is 423 g/mol. The maximum absolute atomic E-state index is 10.8. The zero-order valence-corrected chi connectivity index (χ0v) is 17.2. The predicted molar refractivity (Wildman–Crippen MR) is 122 cm³/mol. The number of hydrogen-bond donors (Lipinski definition) is 3. The van der Waals surface area contributed by atoms with Crippen LogP contribution in [-0.4, -0.2) is 16.8 Å². The molecule has 0 aliphatic carbocycles. The molecule has 0 fully saturated rings. The number of phenols is 1. The Hall–Kier alpha value is -2.96. The summed E-state index contributed by atoms with van der Waals surface area (Å²) in [5.41, 5.74) is 10.6. The van der Waals surface area contributed by atoms with Crippen molar-refractivity contribution in [3.8, 4) is 5.75 Å². The van der Waals surface area contributed by atoms with Crippen LogP contribution in [0.5, 0.6) is 5.75 Å². The highest BCUT2D eigenvalue weighted by molar-refractivity contribution is 7.99. The first-order valence-electron chi connectivity index (χ1n) is 9.00. The van der Waals surface area contributed by atoms with Crippen molar-refractivity contribution in [3.05, 3.63) is 83.0 Å². The second-order valence-corrected chi connectivity index (χ2v) is 8.26. The fraction of sp³-hybridized carbons (Fsp3) is 0.0909. The Morgan fingerprint density at radius 2 is 1.79 bits per heavy atom. The second-order valence-electron chi connectivity index (χ2n) is 6.61. The summed E-state index contributed by atoms with van der Waals surface area (Å²) in [6.07, 6.45) is 1.97. The van der Waals surface area contributed by atoms with E-state index in [0.717, 1.165) is 26.9 Å². The van der Waals surface area contributed by atoms with Crippen LogP contribution in [0.3, 0.4) is 0 Å². The molecule has 146 valence electrons. The molecule has 4 rings (SSSR count). The third kappa shape index (κ3) is 4.39. The predicted octanol–water partition coefficient (Wildman–Crippen LogP) is 5.21. The Labute approximate surface area is 178 Å². The maximum atomic E-state index is 10.8. The van der Waals surface area contributed by atoms with Gasteiger partial charge in [0, 0.05) is 15.5 Å². The van der Waals surface area contributed by atoms with Crippen LogP contribution in [0.2, 0.25) is 5.02 Å². The van der Waals surface area contributed by atoms with Gasteiger partial charge in [0.15, 0.2) is 0 Å². The Morgan fingerprint density at radius 1 is 1.10 bits per heavy atom. The van der Waals surface area contributed by atoms with Crippen molar-refractivity contribution < 1.29 is 5.11 Å². The molecule has 5 nitrogen and oxygen atoms in total. The number of thioether (sulfide) groups is 1. The standard InChI is InChI=1S/C22H19ClN4OS/c1-13-19(25-22(24)27-26-13)12-21(29-17-8-6-16(23)7-9-17)18-10-14-4-2-3-5-15(14)11-20(18)28/h2-12,21,28H,1H3,(H3,24,25,27)/b19-12-. The number of allylic oxidation sites excluding steroid dienone is 1. The van der Waals surface area contributed by atoms with Crippen molar-refractivity contribution in [2.45, 2.75) is 17.1 Å². The van der Waals surface area contributed by atoms with Crippen molar-refractivity contribution >= 4 is 45.8 Å². The lowest BCUT2D eigenvalue weighted by molar-refractivity contribution is 0.470. The number of halogens is 1. The smallest absolute Gasteiger partial charge is 0.214 e. The van der Waals surface area contributed by atoms with E-state index in [0.29, 0.717) is 10.7 Å². The SMILES string of the molecule is CC1=NNC(N)=N/C1=C\C(Sc1ccc(Cl)cc1)c1cc2ccccc2cc1O. The largest absolute Gasteiger partial charge is 0.508 e. The van der Waals surface area contributed by atoms with Crippen molar-refractivity contribution in [2.24, 2.45) is 15.8 Å². The van der Waals surface area contributed by atoms with E-state index >= 15 is 0 Å². The van der Waals surface area contributed by atoms with Crippen LogP contribution in [0.25, 0.3) is 10.8 Å². The second kappa shape index (κ2) is 8.19. The zero-order valence-electron chi connectivity index (χ0n) is 15.6. The van der Waals surface area contributed by atoms with E-state index in [-0.39, 0.29) is 17.0 Å². The molecule has 1 unspecified atom stereocenters. The molecule has 3 aromatic carbocycles. The summed E-state index contributed by atoms with van der Waals surface area (Å²) in [6, 6.07) is 19.4. The molecule has 1 heterocycles. The third-order valence-electron chi connectivity index (χ3n) is 4.54. The Morgan fingerprint density at radius 3 is 2.52 bits per heavy atom. The molecular formula is C22H19ClN4OS. The molecule has 0 aromatic heterocycles. The number of nitrogens with zero attached hydrogens (tertiary/aromatic N) is 2. The number of nitrogens with two attached hydrogens (primary N) is 1. The Kier molecular flexibility index (Phi) is 5.47. The molecule has 7 heteroatoms. The summed E-state index contributed by atoms with van der Waals surface area (Å²) in [7, 11) is 0. The number of fused-ring (bicyclic) bond motifs is 1. The van der Waals surface area contributed by atoms with Gasteiger partial charge in [-0.05, 0) is 60.2 Å². The van der Waals surface area contributed by atoms with Gasteiger partial charge < -0.3 is 10.8 Å². The molecule has 29 heavy (non-hydrogen) atoms. The molecule has 0 radical (unpaired) electrons. The van der Waals surface area contributed by atoms with Crippen LogP contribution in [-0.2, 0) is 0 Å². The highest BCUT2D eigenvalue weighted by Crippen LogP contribution is 2.42. The number of nitrogens with one attached hydrogen (secondary N) is 1. The van der Waals surface area contributed by atoms with Gasteiger partial charge in [0.25, 0.3) is 0 Å². The number of benzene rings is 3. The number of hydrazone groups is 1. The van der Waals surface area contributed by atoms with Gasteiger partial charge in [-0.15, -0.1) is 11.8 Å². The van der Waals surface area contributed by atoms with Gasteiger partial charge in [-0.3, -0.25) is 0 Å². The highest BCUT2D eigenvalue weighted by Gasteiger charge is 2.19. The summed E-state index contributed by atoms with van der Waals surface area (Å²) in [4.78, 5) is 5.39. The van der Waals surface area contributed by atoms with Gasteiger partial charge in [-0.25, -0.2) is 10.4 Å². The van der Waals surface area contributed by atoms with Gasteiger partial charge in [0.05, 0.1) is 16.7 Å². The fourth-order valence-corrected chi connectivity index (χ4v) is 4.28. The molecule has 1 aliphatic rings. The summed E-state index contributed by atoms with van der Waals surface area (Å²) < 4.78 is 0. The molecule has 3 aromatic rings. The van der Waals surface area contributed by atoms with Crippen molar-refractivity contribution in [2.75, 3.05) is 0 Å². The molecule has 0 spiro atoms. The fourth-order valence-electron chi connectivity index (χ4n) is 3.06. The first-order chi connectivity index (χ1) is 14.0. The molecular weight excluding hydrogens is 404 g/mol. The molecule has 0 bridgehead atoms. The number of hydrogen-bond acceptors (Lipinski definition) is 6. The van der Waals surface area contributed by atoms with Gasteiger partial charge >= 0.3 is 0 Å². The van der Waals surface area contributed by atoms with Gasteiger partial charge in [0.1, 0.15) is 5.75 Å². The minimum Gasteiger partial charge on any atom is -0.508 e. The lowest BCUT2D eigenvalue weighted by Crippen LogP contribution is -2.31. The van der Waals surface area contributed by atoms with Crippen LogP contribution < -0.4 is 11.2 Å². The lowest BCUT2D eigenvalue weighted by Gasteiger charge is -2.18. The lowest BCUT2D eigenvalue weighted by atomic mass is 10.0. The van der Waals surface area contributed by atoms with E-state index in [1.165, 1.54) is 0 Å². The van der Waals surface area contributed by atoms with Crippen LogP contribution in [0.4, 0.5) is 0 Å². The van der Waals surface area contributed by atoms with Crippen LogP contribution in [0, 0.1) is 0 Å². The number of aromatic hydroxyl groups is 1. The quantitative estimate of drug-likeness (QED) is 0.504. The van der Waals surface area contributed by atoms with Gasteiger partial charge in [-0.2, -0.15) is 5.10 Å². The first kappa shape index (κ1) is 19.4. The Bertz CT molecular complexity index is 1160. The number of phenolic OH excluding ortho intramolecular Hbond substituents is 1. The van der Waals surface area contributed by atoms with E-state index in [1.54, 1.807) is 17.8 Å². The van der Waals surface area contributed by atoms with E-state index in [1.807, 2.05) is 67.6 Å². The Balaban J connectivity index is 1.81. The van der Waals surface area contributed by atoms with Crippen LogP contribution in [0.1, 0.15) is 17.7 Å². The van der Waals surface area contributed by atoms with E-state index in [4.69, 9.17) is 17.3 Å². The van der Waals surface area contributed by atoms with Crippen LogP contribution >= 0.6 is 23.4 Å². The molecule has 1 atom stereocenters. The maximum Gasteiger partial charge on any atom is 0.214 e. The summed E-state index contributed by atoms with van der Waals surface area (Å²) in [5.74, 6) is 0.465. The molecule has 0 amide bonds. The summed E-state index contributed by atoms with van der Waals surface area (Å²) in [6.45, 7) is 1.86. The summed E-state index contributed by atoms with van der Waals surface area (Å²) >= 11 is 7.62. The normalized spacial score (nSPS) is 16.3. The number of rotatable bonds is 4. The highest BCUT2D eigenvalue weighted by atomic mass is 35.5. The minimum atomic E-state index is -0.212. The average Bonchev–Trinajstić information content (AvgIpc) is 2.71. The van der Waals surface area contributed by atoms with Crippen molar-refractivity contribution in [1.82, 2.24) is 5.43 Å². The minimum absolute atomic E-state index is 0.212. The van der Waals surface area contributed by atoms with E-state index in [2.05, 4.69) is 15.5 Å². The summed E-state index contributed by atoms with van der Waals surface area (Å²) in [5, 5.41) is 17.5. The van der Waals surface area contributed by atoms with Crippen molar-refractivity contribution in [1.29, 1.82) is 0 Å². The van der Waals surface area contributed by atoms with Gasteiger partial charge in [0.2, 0.25) is 5.96 Å². The molecule has 1 aliphatic heterocycles.